The molecule has 2 rings (SSSR count). The van der Waals surface area contributed by atoms with Gasteiger partial charge < -0.3 is 14.6 Å². The number of Topliss-reactive ketones (excluding diaryl/α,β-unsaturated/α-hetero) is 1. The average Bonchev–Trinajstić information content (AvgIpc) is 2.56. The number of non-ortho nitro benzene ring substituents is 1. The summed E-state index contributed by atoms with van der Waals surface area (Å²) in [6, 6.07) is 5.35. The third kappa shape index (κ3) is 5.91. The van der Waals surface area contributed by atoms with E-state index in [1.165, 1.54) is 31.2 Å². The molecule has 0 unspecified atom stereocenters. The summed E-state index contributed by atoms with van der Waals surface area (Å²) in [6.07, 6.45) is -0.466. The van der Waals surface area contributed by atoms with E-state index in [0.717, 1.165) is 0 Å². The molecule has 1 aliphatic carbocycles. The number of rotatable bonds is 4. The van der Waals surface area contributed by atoms with Crippen LogP contribution in [0.5, 0.6) is 0 Å². The Hall–Kier alpha value is -2.81. The van der Waals surface area contributed by atoms with Gasteiger partial charge in [-0.1, -0.05) is 12.1 Å². The van der Waals surface area contributed by atoms with Gasteiger partial charge in [-0.3, -0.25) is 24.5 Å². The van der Waals surface area contributed by atoms with Crippen LogP contribution in [0, 0.1) is 22.0 Å². The molecule has 0 aromatic heterocycles. The summed E-state index contributed by atoms with van der Waals surface area (Å²) in [7, 11) is 0. The molecule has 0 amide bonds. The number of aliphatic hydroxyl groups is 1. The van der Waals surface area contributed by atoms with Gasteiger partial charge in [-0.25, -0.2) is 0 Å². The smallest absolute Gasteiger partial charge is 0.317 e. The van der Waals surface area contributed by atoms with E-state index in [0.29, 0.717) is 0 Å². The first kappa shape index (κ1) is 25.5. The number of ether oxygens (including phenoxy) is 2. The summed E-state index contributed by atoms with van der Waals surface area (Å²) >= 11 is 0. The second-order valence-corrected chi connectivity index (χ2v) is 10.4. The molecular weight excluding hydrogens is 418 g/mol. The molecule has 1 N–H and O–H groups in total. The quantitative estimate of drug-likeness (QED) is 0.320. The van der Waals surface area contributed by atoms with Crippen molar-refractivity contribution in [3.8, 4) is 0 Å². The fraction of sp³-hybridized carbons (Fsp3) is 0.609. The second-order valence-electron chi connectivity index (χ2n) is 10.4. The third-order valence-corrected chi connectivity index (χ3v) is 5.05. The molecule has 1 aromatic rings. The van der Waals surface area contributed by atoms with Gasteiger partial charge in [0, 0.05) is 24.5 Å². The molecule has 4 atom stereocenters. The van der Waals surface area contributed by atoms with Crippen molar-refractivity contribution in [2.75, 3.05) is 0 Å². The lowest BCUT2D eigenvalue weighted by Gasteiger charge is -2.44. The number of carbonyl (C=O) groups excluding carboxylic acids is 3. The topological polar surface area (TPSA) is 133 Å². The Morgan fingerprint density at radius 3 is 2.12 bits per heavy atom. The first-order valence-electron chi connectivity index (χ1n) is 10.4. The van der Waals surface area contributed by atoms with Gasteiger partial charge in [0.2, 0.25) is 0 Å². The van der Waals surface area contributed by atoms with Gasteiger partial charge in [-0.05, 0) is 54.0 Å². The van der Waals surface area contributed by atoms with Gasteiger partial charge in [0.05, 0.1) is 16.4 Å². The fourth-order valence-corrected chi connectivity index (χ4v) is 3.99. The van der Waals surface area contributed by atoms with Crippen LogP contribution in [0.1, 0.15) is 66.4 Å². The van der Waals surface area contributed by atoms with Crippen LogP contribution in [0.3, 0.4) is 0 Å². The van der Waals surface area contributed by atoms with Gasteiger partial charge in [-0.15, -0.1) is 0 Å². The fourth-order valence-electron chi connectivity index (χ4n) is 3.99. The van der Waals surface area contributed by atoms with Crippen molar-refractivity contribution < 1.29 is 33.9 Å². The maximum Gasteiger partial charge on any atom is 0.317 e. The number of nitrogens with zero attached hydrogens (tertiary/aromatic N) is 1. The summed E-state index contributed by atoms with van der Waals surface area (Å²) in [4.78, 5) is 50.1. The van der Waals surface area contributed by atoms with Crippen LogP contribution < -0.4 is 0 Å². The van der Waals surface area contributed by atoms with E-state index in [9.17, 15) is 29.6 Å². The van der Waals surface area contributed by atoms with Gasteiger partial charge in [0.25, 0.3) is 5.69 Å². The Morgan fingerprint density at radius 1 is 1.09 bits per heavy atom. The summed E-state index contributed by atoms with van der Waals surface area (Å²) < 4.78 is 11.0. The number of carbonyl (C=O) groups is 3. The minimum atomic E-state index is -1.84. The van der Waals surface area contributed by atoms with Crippen LogP contribution in [0.25, 0.3) is 0 Å². The van der Waals surface area contributed by atoms with Crippen LogP contribution in [0.4, 0.5) is 5.69 Å². The third-order valence-electron chi connectivity index (χ3n) is 5.05. The van der Waals surface area contributed by atoms with Gasteiger partial charge in [0.1, 0.15) is 17.1 Å². The minimum Gasteiger partial charge on any atom is -0.460 e. The Labute approximate surface area is 187 Å². The Balaban J connectivity index is 2.70. The van der Waals surface area contributed by atoms with Gasteiger partial charge >= 0.3 is 11.9 Å². The monoisotopic (exact) mass is 449 g/mol. The highest BCUT2D eigenvalue weighted by atomic mass is 16.6. The van der Waals surface area contributed by atoms with Crippen molar-refractivity contribution in [2.45, 2.75) is 77.6 Å². The molecule has 32 heavy (non-hydrogen) atoms. The Morgan fingerprint density at radius 2 is 1.62 bits per heavy atom. The van der Waals surface area contributed by atoms with E-state index in [2.05, 4.69) is 0 Å². The average molecular weight is 450 g/mol. The molecule has 176 valence electrons. The van der Waals surface area contributed by atoms with E-state index >= 15 is 0 Å². The second kappa shape index (κ2) is 8.61. The molecule has 0 radical (unpaired) electrons. The first-order chi connectivity index (χ1) is 14.4. The summed E-state index contributed by atoms with van der Waals surface area (Å²) in [5.41, 5.74) is -3.73. The maximum atomic E-state index is 13.2. The Bertz CT molecular complexity index is 923. The SMILES string of the molecule is CC(C)(C)OC(=O)[C@@H]1C(=O)C[C@@](C)(O)[C@@H](C(=O)OC(C)(C)C)[C@@H]1c1cccc([N+](=O)[O-])c1. The number of nitro groups is 1. The van der Waals surface area contributed by atoms with Crippen molar-refractivity contribution in [1.29, 1.82) is 0 Å². The highest BCUT2D eigenvalue weighted by Gasteiger charge is 2.58. The molecule has 0 spiro atoms. The van der Waals surface area contributed by atoms with E-state index in [1.807, 2.05) is 0 Å². The highest BCUT2D eigenvalue weighted by molar-refractivity contribution is 6.03. The minimum absolute atomic E-state index is 0.194. The molecule has 1 aromatic carbocycles. The molecule has 0 bridgehead atoms. The standard InChI is InChI=1S/C23H31NO8/c1-21(2,3)31-19(26)17-15(25)12-23(7,28)18(20(27)32-22(4,5)6)16(17)13-9-8-10-14(11-13)24(29)30/h8-11,16-18,28H,12H2,1-7H3/t16-,17-,18-,23-/m1/s1. The molecule has 0 saturated heterocycles. The predicted molar refractivity (Wildman–Crippen MR) is 115 cm³/mol. The zero-order chi connectivity index (χ0) is 24.6. The molecule has 0 heterocycles. The largest absolute Gasteiger partial charge is 0.460 e. The van der Waals surface area contributed by atoms with E-state index in [4.69, 9.17) is 9.47 Å². The number of benzene rings is 1. The van der Waals surface area contributed by atoms with Gasteiger partial charge in [0.15, 0.2) is 5.78 Å². The predicted octanol–water partition coefficient (Wildman–Crippen LogP) is 3.32. The number of hydrogen-bond donors (Lipinski definition) is 1. The van der Waals surface area contributed by atoms with E-state index in [1.54, 1.807) is 41.5 Å². The van der Waals surface area contributed by atoms with Crippen LogP contribution in [0.2, 0.25) is 0 Å². The number of nitro benzene ring substituents is 1. The molecule has 9 heteroatoms. The lowest BCUT2D eigenvalue weighted by atomic mass is 9.61. The van der Waals surface area contributed by atoms with Crippen LogP contribution in [-0.4, -0.2) is 44.6 Å². The highest BCUT2D eigenvalue weighted by Crippen LogP contribution is 2.47. The van der Waals surface area contributed by atoms with Crippen LogP contribution in [0.15, 0.2) is 24.3 Å². The van der Waals surface area contributed by atoms with E-state index in [-0.39, 0.29) is 11.3 Å². The molecular formula is C23H31NO8. The normalized spacial score (nSPS) is 26.4. The number of ketones is 1. The lowest BCUT2D eigenvalue weighted by Crippen LogP contribution is -2.56. The molecule has 0 aliphatic heterocycles. The van der Waals surface area contributed by atoms with Crippen molar-refractivity contribution in [1.82, 2.24) is 0 Å². The van der Waals surface area contributed by atoms with Crippen molar-refractivity contribution in [3.63, 3.8) is 0 Å². The van der Waals surface area contributed by atoms with Crippen molar-refractivity contribution >= 4 is 23.4 Å². The van der Waals surface area contributed by atoms with Crippen molar-refractivity contribution in [3.05, 3.63) is 39.9 Å². The summed E-state index contributed by atoms with van der Waals surface area (Å²) in [6.45, 7) is 11.2. The maximum absolute atomic E-state index is 13.2. The van der Waals surface area contributed by atoms with Gasteiger partial charge in [-0.2, -0.15) is 0 Å². The first-order valence-corrected chi connectivity index (χ1v) is 10.4. The molecule has 1 fully saturated rings. The summed E-state index contributed by atoms with van der Waals surface area (Å²) in [5.74, 6) is -6.26. The zero-order valence-electron chi connectivity index (χ0n) is 19.5. The van der Waals surface area contributed by atoms with Crippen LogP contribution >= 0.6 is 0 Å². The van der Waals surface area contributed by atoms with Crippen LogP contribution in [-0.2, 0) is 23.9 Å². The van der Waals surface area contributed by atoms with E-state index < -0.39 is 63.6 Å². The number of esters is 2. The van der Waals surface area contributed by atoms with Crippen molar-refractivity contribution in [2.24, 2.45) is 11.8 Å². The summed E-state index contributed by atoms with van der Waals surface area (Å²) in [5, 5.41) is 22.4. The lowest BCUT2D eigenvalue weighted by molar-refractivity contribution is -0.385. The molecule has 1 aliphatic rings. The molecule has 9 nitrogen and oxygen atoms in total. The molecule has 1 saturated carbocycles. The zero-order valence-corrected chi connectivity index (χ0v) is 19.5. The number of hydrogen-bond acceptors (Lipinski definition) is 8. The Kier molecular flexibility index (Phi) is 6.85.